The van der Waals surface area contributed by atoms with Gasteiger partial charge in [-0.15, -0.1) is 5.10 Å². The number of thioether (sulfide) groups is 1. The van der Waals surface area contributed by atoms with Crippen LogP contribution in [0.4, 0.5) is 0 Å². The van der Waals surface area contributed by atoms with Gasteiger partial charge in [-0.2, -0.15) is 0 Å². The maximum absolute atomic E-state index is 12.2. The molecule has 0 saturated heterocycles. The first-order chi connectivity index (χ1) is 12.2. The molecule has 0 unspecified atom stereocenters. The number of aromatic amines is 2. The zero-order chi connectivity index (χ0) is 17.2. The van der Waals surface area contributed by atoms with Crippen LogP contribution in [0, 0.1) is 0 Å². The highest BCUT2D eigenvalue weighted by atomic mass is 32.2. The smallest absolute Gasteiger partial charge is 0.258 e. The Morgan fingerprint density at radius 3 is 2.60 bits per heavy atom. The molecule has 0 aliphatic heterocycles. The maximum atomic E-state index is 12.2. The topological polar surface area (TPSA) is 87.3 Å². The monoisotopic (exact) mass is 349 g/mol. The van der Waals surface area contributed by atoms with Crippen LogP contribution >= 0.6 is 11.8 Å². The van der Waals surface area contributed by atoms with Gasteiger partial charge in [0.25, 0.3) is 5.56 Å². The van der Waals surface area contributed by atoms with Gasteiger partial charge in [0.2, 0.25) is 5.16 Å². The van der Waals surface area contributed by atoms with E-state index in [-0.39, 0.29) is 10.8 Å². The molecule has 124 valence electrons. The van der Waals surface area contributed by atoms with Gasteiger partial charge in [0.15, 0.2) is 5.82 Å². The molecule has 7 heteroatoms. The van der Waals surface area contributed by atoms with Gasteiger partial charge in [-0.3, -0.25) is 9.89 Å². The van der Waals surface area contributed by atoms with Crippen molar-refractivity contribution < 1.29 is 0 Å². The molecule has 2 aromatic heterocycles. The molecule has 0 radical (unpaired) electrons. The molecule has 25 heavy (non-hydrogen) atoms. The quantitative estimate of drug-likeness (QED) is 0.550. The Hall–Kier alpha value is -2.93. The Labute approximate surface area is 147 Å². The molecule has 1 atom stereocenters. The highest BCUT2D eigenvalue weighted by Crippen LogP contribution is 2.31. The van der Waals surface area contributed by atoms with Crippen molar-refractivity contribution in [3.05, 3.63) is 70.8 Å². The molecular weight excluding hydrogens is 334 g/mol. The summed E-state index contributed by atoms with van der Waals surface area (Å²) in [7, 11) is 0. The lowest BCUT2D eigenvalue weighted by Gasteiger charge is -2.08. The van der Waals surface area contributed by atoms with Gasteiger partial charge in [-0.25, -0.2) is 9.97 Å². The fraction of sp³-hybridized carbons (Fsp3) is 0.111. The van der Waals surface area contributed by atoms with E-state index in [1.807, 2.05) is 55.5 Å². The van der Waals surface area contributed by atoms with E-state index in [9.17, 15) is 4.79 Å². The lowest BCUT2D eigenvalue weighted by atomic mass is 10.2. The zero-order valence-corrected chi connectivity index (χ0v) is 14.2. The van der Waals surface area contributed by atoms with Crippen molar-refractivity contribution >= 4 is 22.7 Å². The number of hydrogen-bond donors (Lipinski definition) is 2. The average Bonchev–Trinajstić information content (AvgIpc) is 3.11. The summed E-state index contributed by atoms with van der Waals surface area (Å²) in [5, 5.41) is 8.31. The first-order valence-electron chi connectivity index (χ1n) is 7.84. The Morgan fingerprint density at radius 2 is 1.76 bits per heavy atom. The molecule has 4 aromatic rings. The van der Waals surface area contributed by atoms with E-state index >= 15 is 0 Å². The second-order valence-corrected chi connectivity index (χ2v) is 6.87. The molecule has 4 rings (SSSR count). The van der Waals surface area contributed by atoms with Crippen molar-refractivity contribution in [3.8, 4) is 11.4 Å². The van der Waals surface area contributed by atoms with Crippen LogP contribution in [0.1, 0.15) is 18.0 Å². The number of nitrogens with one attached hydrogen (secondary N) is 2. The van der Waals surface area contributed by atoms with E-state index in [1.165, 1.54) is 11.8 Å². The molecule has 0 amide bonds. The standard InChI is InChI=1S/C18H15N5OS/c1-11(15-19-14-10-6-5-9-13(14)17(24)20-15)25-18-21-16(22-23-18)12-7-3-2-4-8-12/h2-11H,1H3,(H,19,20,24)(H,21,22,23)/t11-/m1/s1. The molecule has 2 N–H and O–H groups in total. The van der Waals surface area contributed by atoms with Crippen LogP contribution in [-0.2, 0) is 0 Å². The summed E-state index contributed by atoms with van der Waals surface area (Å²) >= 11 is 1.44. The van der Waals surface area contributed by atoms with Crippen molar-refractivity contribution in [2.75, 3.05) is 0 Å². The van der Waals surface area contributed by atoms with E-state index < -0.39 is 0 Å². The SMILES string of the molecule is C[C@@H](Sc1n[nH]c(-c2ccccc2)n1)c1nc2ccccc2c(=O)[nH]1. The van der Waals surface area contributed by atoms with E-state index in [1.54, 1.807) is 6.07 Å². The van der Waals surface area contributed by atoms with Crippen LogP contribution in [0.5, 0.6) is 0 Å². The minimum Gasteiger partial charge on any atom is -0.309 e. The van der Waals surface area contributed by atoms with Crippen LogP contribution in [-0.4, -0.2) is 25.1 Å². The molecule has 0 aliphatic carbocycles. The molecule has 2 aromatic carbocycles. The zero-order valence-electron chi connectivity index (χ0n) is 13.4. The van der Waals surface area contributed by atoms with Gasteiger partial charge < -0.3 is 4.98 Å². The van der Waals surface area contributed by atoms with E-state index in [2.05, 4.69) is 25.1 Å². The number of para-hydroxylation sites is 1. The molecule has 0 aliphatic rings. The molecule has 6 nitrogen and oxygen atoms in total. The summed E-state index contributed by atoms with van der Waals surface area (Å²) < 4.78 is 0. The summed E-state index contributed by atoms with van der Waals surface area (Å²) in [4.78, 5) is 24.1. The van der Waals surface area contributed by atoms with Crippen molar-refractivity contribution in [1.29, 1.82) is 0 Å². The number of rotatable bonds is 4. The lowest BCUT2D eigenvalue weighted by molar-refractivity contribution is 0.904. The van der Waals surface area contributed by atoms with Crippen LogP contribution in [0.25, 0.3) is 22.3 Å². The molecule has 0 spiro atoms. The first-order valence-corrected chi connectivity index (χ1v) is 8.72. The predicted molar refractivity (Wildman–Crippen MR) is 98.5 cm³/mol. The highest BCUT2D eigenvalue weighted by Gasteiger charge is 2.15. The minimum absolute atomic E-state index is 0.0864. The minimum atomic E-state index is -0.131. The number of benzene rings is 2. The predicted octanol–water partition coefficient (Wildman–Crippen LogP) is 3.56. The number of hydrogen-bond acceptors (Lipinski definition) is 5. The Kier molecular flexibility index (Phi) is 4.07. The Bertz CT molecular complexity index is 1070. The van der Waals surface area contributed by atoms with Gasteiger partial charge in [0, 0.05) is 5.56 Å². The maximum Gasteiger partial charge on any atom is 0.258 e. The van der Waals surface area contributed by atoms with Gasteiger partial charge >= 0.3 is 0 Å². The first kappa shape index (κ1) is 15.6. The second-order valence-electron chi connectivity index (χ2n) is 5.56. The molecular formula is C18H15N5OS. The lowest BCUT2D eigenvalue weighted by Crippen LogP contribution is -2.12. The van der Waals surface area contributed by atoms with E-state index in [0.29, 0.717) is 21.9 Å². The van der Waals surface area contributed by atoms with Crippen LogP contribution in [0.15, 0.2) is 64.5 Å². The van der Waals surface area contributed by atoms with Crippen LogP contribution in [0.2, 0.25) is 0 Å². The van der Waals surface area contributed by atoms with Crippen molar-refractivity contribution in [1.82, 2.24) is 25.1 Å². The largest absolute Gasteiger partial charge is 0.309 e. The van der Waals surface area contributed by atoms with Crippen molar-refractivity contribution in [2.45, 2.75) is 17.3 Å². The normalized spacial score (nSPS) is 12.4. The fourth-order valence-electron chi connectivity index (χ4n) is 2.54. The average molecular weight is 349 g/mol. The molecule has 0 bridgehead atoms. The number of aromatic nitrogens is 5. The van der Waals surface area contributed by atoms with Gasteiger partial charge in [-0.1, -0.05) is 54.2 Å². The third-order valence-electron chi connectivity index (χ3n) is 3.81. The molecule has 2 heterocycles. The summed E-state index contributed by atoms with van der Waals surface area (Å²) in [6.45, 7) is 1.97. The number of fused-ring (bicyclic) bond motifs is 1. The third kappa shape index (κ3) is 3.18. The van der Waals surface area contributed by atoms with E-state index in [4.69, 9.17) is 0 Å². The third-order valence-corrected chi connectivity index (χ3v) is 4.78. The Balaban J connectivity index is 1.59. The van der Waals surface area contributed by atoms with Gasteiger partial charge in [0.1, 0.15) is 5.82 Å². The van der Waals surface area contributed by atoms with E-state index in [0.717, 1.165) is 11.4 Å². The summed E-state index contributed by atoms with van der Waals surface area (Å²) in [5.74, 6) is 1.33. The van der Waals surface area contributed by atoms with Gasteiger partial charge in [0.05, 0.1) is 16.2 Å². The van der Waals surface area contributed by atoms with Crippen LogP contribution in [0.3, 0.4) is 0 Å². The summed E-state index contributed by atoms with van der Waals surface area (Å²) in [5.41, 5.74) is 1.54. The highest BCUT2D eigenvalue weighted by molar-refractivity contribution is 7.99. The van der Waals surface area contributed by atoms with Crippen molar-refractivity contribution in [2.24, 2.45) is 0 Å². The second kappa shape index (κ2) is 6.52. The number of H-pyrrole nitrogens is 2. The van der Waals surface area contributed by atoms with Crippen LogP contribution < -0.4 is 5.56 Å². The van der Waals surface area contributed by atoms with Crippen molar-refractivity contribution in [3.63, 3.8) is 0 Å². The summed E-state index contributed by atoms with van der Waals surface area (Å²) in [6.07, 6.45) is 0. The molecule has 0 saturated carbocycles. The fourth-order valence-corrected chi connectivity index (χ4v) is 3.32. The number of nitrogens with zero attached hydrogens (tertiary/aromatic N) is 3. The Morgan fingerprint density at radius 1 is 1.00 bits per heavy atom. The van der Waals surface area contributed by atoms with Gasteiger partial charge in [-0.05, 0) is 19.1 Å². The summed E-state index contributed by atoms with van der Waals surface area (Å²) in [6, 6.07) is 17.1. The molecule has 0 fully saturated rings.